The average Bonchev–Trinajstić information content (AvgIpc) is 3.09. The maximum Gasteiger partial charge on any atom is 0.412 e. The smallest absolute Gasteiger partial charge is 0.412 e. The van der Waals surface area contributed by atoms with Gasteiger partial charge in [-0.15, -0.1) is 0 Å². The molecule has 1 aromatic carbocycles. The van der Waals surface area contributed by atoms with Gasteiger partial charge in [-0.05, 0) is 57.7 Å². The number of β-amino-alcohol motifs (C(OH)–C–C–N with tert-alkyl or cyclic N) is 1. The van der Waals surface area contributed by atoms with Gasteiger partial charge in [0.2, 0.25) is 0 Å². The monoisotopic (exact) mass is 458 g/mol. The fourth-order valence-corrected chi connectivity index (χ4v) is 6.01. The summed E-state index contributed by atoms with van der Waals surface area (Å²) in [5, 5.41) is 11.3. The topological polar surface area (TPSA) is 62.2 Å². The molecule has 1 saturated carbocycles. The molecular formula is C27H42N2O4. The van der Waals surface area contributed by atoms with E-state index in [9.17, 15) is 9.90 Å². The number of nitrogens with zero attached hydrogens (tertiary/aromatic N) is 2. The van der Waals surface area contributed by atoms with Gasteiger partial charge >= 0.3 is 6.09 Å². The SMILES string of the molecule is CC1(C)O[C@H]([C@H](O)CN2CCCCC2)[C@H](CC2CCCCC2)N1C(=O)OCc1ccccc1. The van der Waals surface area contributed by atoms with Gasteiger partial charge in [-0.2, -0.15) is 0 Å². The van der Waals surface area contributed by atoms with Gasteiger partial charge in [-0.3, -0.25) is 4.90 Å². The van der Waals surface area contributed by atoms with Gasteiger partial charge in [0, 0.05) is 6.54 Å². The molecule has 2 saturated heterocycles. The van der Waals surface area contributed by atoms with E-state index in [0.29, 0.717) is 12.5 Å². The molecule has 6 nitrogen and oxygen atoms in total. The van der Waals surface area contributed by atoms with Crippen LogP contribution in [-0.4, -0.2) is 64.6 Å². The molecule has 2 aliphatic heterocycles. The third-order valence-electron chi connectivity index (χ3n) is 7.69. The van der Waals surface area contributed by atoms with Crippen molar-refractivity contribution in [3.05, 3.63) is 35.9 Å². The Kier molecular flexibility index (Phi) is 8.31. The summed E-state index contributed by atoms with van der Waals surface area (Å²) in [6, 6.07) is 9.60. The molecule has 0 unspecified atom stereocenters. The van der Waals surface area contributed by atoms with Crippen LogP contribution in [0, 0.1) is 5.92 Å². The van der Waals surface area contributed by atoms with Gasteiger partial charge in [-0.25, -0.2) is 4.79 Å². The van der Waals surface area contributed by atoms with Crippen molar-refractivity contribution >= 4 is 6.09 Å². The van der Waals surface area contributed by atoms with Crippen LogP contribution in [0.3, 0.4) is 0 Å². The Hall–Kier alpha value is -1.63. The van der Waals surface area contributed by atoms with Crippen molar-refractivity contribution < 1.29 is 19.4 Å². The van der Waals surface area contributed by atoms with Crippen molar-refractivity contribution in [3.8, 4) is 0 Å². The summed E-state index contributed by atoms with van der Waals surface area (Å²) < 4.78 is 12.2. The summed E-state index contributed by atoms with van der Waals surface area (Å²) in [5.74, 6) is 0.565. The lowest BCUT2D eigenvalue weighted by Gasteiger charge is -2.36. The number of aliphatic hydroxyl groups excluding tert-OH is 1. The second kappa shape index (κ2) is 11.2. The van der Waals surface area contributed by atoms with Crippen molar-refractivity contribution in [1.82, 2.24) is 9.80 Å². The minimum absolute atomic E-state index is 0.175. The summed E-state index contributed by atoms with van der Waals surface area (Å²) in [4.78, 5) is 17.5. The standard InChI is InChI=1S/C27H42N2O4/c1-27(2)29(26(31)32-20-22-14-8-4-9-15-22)23(18-21-12-6-3-7-13-21)25(33-27)24(30)19-28-16-10-5-11-17-28/h4,8-9,14-15,21,23-25,30H,3,5-7,10-13,16-20H2,1-2H3/t23-,24+,25-/m0/s1. The van der Waals surface area contributed by atoms with Crippen molar-refractivity contribution in [2.24, 2.45) is 5.92 Å². The minimum atomic E-state index is -0.819. The zero-order valence-corrected chi connectivity index (χ0v) is 20.5. The fourth-order valence-electron chi connectivity index (χ4n) is 6.01. The lowest BCUT2D eigenvalue weighted by molar-refractivity contribution is -0.104. The number of piperidine rings is 1. The number of carbonyl (C=O) groups excluding carboxylic acids is 1. The van der Waals surface area contributed by atoms with Crippen LogP contribution in [0.4, 0.5) is 4.79 Å². The van der Waals surface area contributed by atoms with Crippen LogP contribution in [0.2, 0.25) is 0 Å². The molecule has 4 rings (SSSR count). The zero-order chi connectivity index (χ0) is 23.3. The van der Waals surface area contributed by atoms with Gasteiger partial charge in [0.05, 0.1) is 12.1 Å². The van der Waals surface area contributed by atoms with E-state index in [4.69, 9.17) is 9.47 Å². The third kappa shape index (κ3) is 6.28. The van der Waals surface area contributed by atoms with E-state index in [0.717, 1.165) is 25.1 Å². The molecule has 0 radical (unpaired) electrons. The van der Waals surface area contributed by atoms with E-state index in [1.165, 1.54) is 51.4 Å². The second-order valence-electron chi connectivity index (χ2n) is 10.7. The first-order valence-electron chi connectivity index (χ1n) is 13.0. The van der Waals surface area contributed by atoms with Crippen LogP contribution in [0.25, 0.3) is 0 Å². The molecule has 2 heterocycles. The summed E-state index contributed by atoms with van der Waals surface area (Å²) in [7, 11) is 0. The molecule has 6 heteroatoms. The molecule has 1 N–H and O–H groups in total. The first-order valence-corrected chi connectivity index (χ1v) is 13.0. The predicted octanol–water partition coefficient (Wildman–Crippen LogP) is 4.95. The van der Waals surface area contributed by atoms with Gasteiger partial charge in [-0.1, -0.05) is 68.9 Å². The van der Waals surface area contributed by atoms with E-state index in [-0.39, 0.29) is 18.7 Å². The van der Waals surface area contributed by atoms with Crippen LogP contribution in [0.5, 0.6) is 0 Å². The van der Waals surface area contributed by atoms with E-state index < -0.39 is 17.9 Å². The molecule has 33 heavy (non-hydrogen) atoms. The number of rotatable bonds is 7. The summed E-state index contributed by atoms with van der Waals surface area (Å²) in [6.45, 7) is 6.77. The molecule has 3 atom stereocenters. The molecule has 0 aromatic heterocycles. The zero-order valence-electron chi connectivity index (χ0n) is 20.5. The number of likely N-dealkylation sites (tertiary alicyclic amines) is 1. The highest BCUT2D eigenvalue weighted by molar-refractivity contribution is 5.69. The Morgan fingerprint density at radius 2 is 1.76 bits per heavy atom. The largest absolute Gasteiger partial charge is 0.444 e. The summed E-state index contributed by atoms with van der Waals surface area (Å²) >= 11 is 0. The highest BCUT2D eigenvalue weighted by Crippen LogP contribution is 2.40. The van der Waals surface area contributed by atoms with Crippen LogP contribution < -0.4 is 0 Å². The Labute approximate surface area is 199 Å². The minimum Gasteiger partial charge on any atom is -0.444 e. The molecule has 3 aliphatic rings. The van der Waals surface area contributed by atoms with Crippen LogP contribution >= 0.6 is 0 Å². The number of carbonyl (C=O) groups is 1. The molecular weight excluding hydrogens is 416 g/mol. The molecule has 1 aliphatic carbocycles. The molecule has 3 fully saturated rings. The quantitative estimate of drug-likeness (QED) is 0.627. The normalized spacial score (nSPS) is 27.4. The molecule has 184 valence electrons. The van der Waals surface area contributed by atoms with Crippen LogP contribution in [0.1, 0.15) is 77.2 Å². The third-order valence-corrected chi connectivity index (χ3v) is 7.69. The summed E-state index contributed by atoms with van der Waals surface area (Å²) in [5.41, 5.74) is 0.148. The predicted molar refractivity (Wildman–Crippen MR) is 129 cm³/mol. The Balaban J connectivity index is 1.49. The van der Waals surface area contributed by atoms with E-state index >= 15 is 0 Å². The number of aliphatic hydroxyl groups is 1. The highest BCUT2D eigenvalue weighted by Gasteiger charge is 2.53. The lowest BCUT2D eigenvalue weighted by Crippen LogP contribution is -2.51. The maximum absolute atomic E-state index is 13.4. The number of amides is 1. The van der Waals surface area contributed by atoms with Crippen LogP contribution in [-0.2, 0) is 16.1 Å². The highest BCUT2D eigenvalue weighted by atomic mass is 16.6. The lowest BCUT2D eigenvalue weighted by atomic mass is 9.82. The number of hydrogen-bond acceptors (Lipinski definition) is 5. The molecule has 0 bridgehead atoms. The van der Waals surface area contributed by atoms with Gasteiger partial charge < -0.3 is 19.5 Å². The second-order valence-corrected chi connectivity index (χ2v) is 10.7. The molecule has 1 amide bonds. The Morgan fingerprint density at radius 1 is 1.09 bits per heavy atom. The Bertz CT molecular complexity index is 744. The first-order chi connectivity index (χ1) is 15.9. The summed E-state index contributed by atoms with van der Waals surface area (Å²) in [6.07, 6.45) is 9.33. The first kappa shape index (κ1) is 24.5. The van der Waals surface area contributed by atoms with E-state index in [1.807, 2.05) is 44.2 Å². The van der Waals surface area contributed by atoms with Gasteiger partial charge in [0.15, 0.2) is 0 Å². The number of ether oxygens (including phenoxy) is 2. The molecule has 0 spiro atoms. The van der Waals surface area contributed by atoms with Crippen molar-refractivity contribution in [3.63, 3.8) is 0 Å². The van der Waals surface area contributed by atoms with Crippen molar-refractivity contribution in [2.75, 3.05) is 19.6 Å². The van der Waals surface area contributed by atoms with Gasteiger partial charge in [0.1, 0.15) is 18.4 Å². The maximum atomic E-state index is 13.4. The van der Waals surface area contributed by atoms with E-state index in [2.05, 4.69) is 4.90 Å². The van der Waals surface area contributed by atoms with Crippen molar-refractivity contribution in [1.29, 1.82) is 0 Å². The number of benzene rings is 1. The number of hydrogen-bond donors (Lipinski definition) is 1. The van der Waals surface area contributed by atoms with Crippen molar-refractivity contribution in [2.45, 2.75) is 102 Å². The van der Waals surface area contributed by atoms with Crippen LogP contribution in [0.15, 0.2) is 30.3 Å². The Morgan fingerprint density at radius 3 is 2.45 bits per heavy atom. The van der Waals surface area contributed by atoms with E-state index in [1.54, 1.807) is 4.90 Å². The fraction of sp³-hybridized carbons (Fsp3) is 0.741. The average molecular weight is 459 g/mol. The van der Waals surface area contributed by atoms with Gasteiger partial charge in [0.25, 0.3) is 0 Å². The molecule has 1 aromatic rings.